The van der Waals surface area contributed by atoms with Gasteiger partial charge in [-0.05, 0) is 55.3 Å². The zero-order valence-electron chi connectivity index (χ0n) is 12.8. The molecule has 0 bridgehead atoms. The number of benzene rings is 2. The van der Waals surface area contributed by atoms with Crippen molar-refractivity contribution in [3.05, 3.63) is 63.6 Å². The fourth-order valence-corrected chi connectivity index (χ4v) is 3.27. The Labute approximate surface area is 156 Å². The molecular weight excluding hydrogens is 365 g/mol. The van der Waals surface area contributed by atoms with Gasteiger partial charge in [0.25, 0.3) is 0 Å². The molecule has 0 saturated carbocycles. The van der Waals surface area contributed by atoms with Gasteiger partial charge in [-0.25, -0.2) is 4.79 Å². The van der Waals surface area contributed by atoms with Gasteiger partial charge < -0.3 is 9.64 Å². The first-order valence-corrected chi connectivity index (χ1v) is 8.77. The van der Waals surface area contributed by atoms with E-state index in [9.17, 15) is 4.79 Å². The maximum Gasteiger partial charge on any atom is 0.345 e. The van der Waals surface area contributed by atoms with E-state index in [0.717, 1.165) is 23.6 Å². The van der Waals surface area contributed by atoms with E-state index in [-0.39, 0.29) is 5.56 Å². The van der Waals surface area contributed by atoms with Crippen LogP contribution in [0, 0.1) is 0 Å². The third kappa shape index (κ3) is 3.89. The van der Waals surface area contributed by atoms with E-state index in [1.54, 1.807) is 24.3 Å². The summed E-state index contributed by atoms with van der Waals surface area (Å²) in [5.41, 5.74) is 1.19. The van der Waals surface area contributed by atoms with Crippen molar-refractivity contribution < 1.29 is 9.53 Å². The molecule has 1 fully saturated rings. The highest BCUT2D eigenvalue weighted by atomic mass is 35.5. The number of thiocarbonyl (C=S) groups is 1. The first-order valence-electron chi connectivity index (χ1n) is 7.61. The molecule has 0 amide bonds. The van der Waals surface area contributed by atoms with Crippen LogP contribution < -0.4 is 4.74 Å². The van der Waals surface area contributed by atoms with Crippen molar-refractivity contribution in [2.45, 2.75) is 12.8 Å². The van der Waals surface area contributed by atoms with E-state index < -0.39 is 5.97 Å². The predicted molar refractivity (Wildman–Crippen MR) is 100 cm³/mol. The van der Waals surface area contributed by atoms with Gasteiger partial charge in [0.05, 0.1) is 10.6 Å². The second kappa shape index (κ2) is 7.51. The lowest BCUT2D eigenvalue weighted by Gasteiger charge is -2.18. The van der Waals surface area contributed by atoms with Crippen molar-refractivity contribution in [1.29, 1.82) is 0 Å². The van der Waals surface area contributed by atoms with Crippen molar-refractivity contribution in [3.63, 3.8) is 0 Å². The normalized spacial score (nSPS) is 13.8. The molecule has 3 nitrogen and oxygen atoms in total. The monoisotopic (exact) mass is 379 g/mol. The van der Waals surface area contributed by atoms with Gasteiger partial charge in [0.2, 0.25) is 0 Å². The van der Waals surface area contributed by atoms with Gasteiger partial charge in [0.1, 0.15) is 10.7 Å². The summed E-state index contributed by atoms with van der Waals surface area (Å²) in [6.07, 6.45) is 2.35. The molecule has 24 heavy (non-hydrogen) atoms. The van der Waals surface area contributed by atoms with Gasteiger partial charge in [-0.1, -0.05) is 35.4 Å². The highest BCUT2D eigenvalue weighted by molar-refractivity contribution is 7.80. The van der Waals surface area contributed by atoms with Gasteiger partial charge in [0, 0.05) is 23.7 Å². The standard InChI is InChI=1S/C18H15Cl2NO2S/c19-13-5-8-16(20)15(11-13)18(22)23-14-6-3-12(4-7-14)17(24)21-9-1-2-10-21/h3-8,11H,1-2,9-10H2. The molecule has 0 N–H and O–H groups in total. The summed E-state index contributed by atoms with van der Waals surface area (Å²) >= 11 is 17.4. The summed E-state index contributed by atoms with van der Waals surface area (Å²) in [4.78, 5) is 15.2. The molecule has 1 aliphatic heterocycles. The number of nitrogens with zero attached hydrogens (tertiary/aromatic N) is 1. The van der Waals surface area contributed by atoms with Crippen molar-refractivity contribution >= 4 is 46.4 Å². The molecule has 124 valence electrons. The van der Waals surface area contributed by atoms with Gasteiger partial charge in [-0.3, -0.25) is 0 Å². The third-order valence-corrected chi connectivity index (χ3v) is 4.91. The molecule has 0 spiro atoms. The van der Waals surface area contributed by atoms with E-state index in [1.165, 1.54) is 18.9 Å². The van der Waals surface area contributed by atoms with E-state index in [4.69, 9.17) is 40.2 Å². The average molecular weight is 380 g/mol. The second-order valence-corrected chi connectivity index (χ2v) is 6.77. The Morgan fingerprint density at radius 2 is 1.71 bits per heavy atom. The molecule has 3 rings (SSSR count). The van der Waals surface area contributed by atoms with Crippen LogP contribution in [0.2, 0.25) is 10.0 Å². The van der Waals surface area contributed by atoms with Crippen LogP contribution in [-0.2, 0) is 0 Å². The molecule has 1 saturated heterocycles. The minimum absolute atomic E-state index is 0.237. The number of carbonyl (C=O) groups excluding carboxylic acids is 1. The molecule has 0 aliphatic carbocycles. The largest absolute Gasteiger partial charge is 0.423 e. The van der Waals surface area contributed by atoms with Crippen LogP contribution in [0.15, 0.2) is 42.5 Å². The van der Waals surface area contributed by atoms with Crippen molar-refractivity contribution in [1.82, 2.24) is 4.90 Å². The van der Waals surface area contributed by atoms with E-state index in [2.05, 4.69) is 4.90 Å². The molecule has 0 aromatic heterocycles. The lowest BCUT2D eigenvalue weighted by Crippen LogP contribution is -2.26. The number of carbonyl (C=O) groups is 1. The summed E-state index contributed by atoms with van der Waals surface area (Å²) < 4.78 is 5.36. The van der Waals surface area contributed by atoms with Crippen LogP contribution in [0.5, 0.6) is 5.75 Å². The number of hydrogen-bond acceptors (Lipinski definition) is 3. The van der Waals surface area contributed by atoms with Crippen LogP contribution in [-0.4, -0.2) is 28.9 Å². The highest BCUT2D eigenvalue weighted by Crippen LogP contribution is 2.23. The molecular formula is C18H15Cl2NO2S. The lowest BCUT2D eigenvalue weighted by atomic mass is 10.2. The Morgan fingerprint density at radius 3 is 2.38 bits per heavy atom. The van der Waals surface area contributed by atoms with Crippen molar-refractivity contribution in [2.75, 3.05) is 13.1 Å². The minimum Gasteiger partial charge on any atom is -0.423 e. The fraction of sp³-hybridized carbons (Fsp3) is 0.222. The molecule has 6 heteroatoms. The van der Waals surface area contributed by atoms with Crippen LogP contribution in [0.1, 0.15) is 28.8 Å². The van der Waals surface area contributed by atoms with Gasteiger partial charge in [0.15, 0.2) is 0 Å². The SMILES string of the molecule is O=C(Oc1ccc(C(=S)N2CCCC2)cc1)c1cc(Cl)ccc1Cl. The molecule has 2 aromatic rings. The minimum atomic E-state index is -0.544. The number of hydrogen-bond donors (Lipinski definition) is 0. The Kier molecular flexibility index (Phi) is 5.39. The number of esters is 1. The Morgan fingerprint density at radius 1 is 1.04 bits per heavy atom. The molecule has 1 aliphatic rings. The summed E-state index contributed by atoms with van der Waals surface area (Å²) in [6.45, 7) is 2.01. The predicted octanol–water partition coefficient (Wildman–Crippen LogP) is 4.98. The molecule has 1 heterocycles. The molecule has 0 atom stereocenters. The van der Waals surface area contributed by atoms with Crippen LogP contribution in [0.3, 0.4) is 0 Å². The van der Waals surface area contributed by atoms with E-state index >= 15 is 0 Å². The van der Waals surface area contributed by atoms with Crippen LogP contribution in [0.4, 0.5) is 0 Å². The smallest absolute Gasteiger partial charge is 0.345 e. The number of rotatable bonds is 3. The van der Waals surface area contributed by atoms with E-state index in [1.807, 2.05) is 12.1 Å². The Balaban J connectivity index is 1.70. The first-order chi connectivity index (χ1) is 11.5. The van der Waals surface area contributed by atoms with E-state index in [0.29, 0.717) is 15.8 Å². The summed E-state index contributed by atoms with van der Waals surface area (Å²) in [6, 6.07) is 11.9. The molecule has 0 unspecified atom stereocenters. The van der Waals surface area contributed by atoms with Crippen molar-refractivity contribution in [3.8, 4) is 5.75 Å². The van der Waals surface area contributed by atoms with Crippen molar-refractivity contribution in [2.24, 2.45) is 0 Å². The quantitative estimate of drug-likeness (QED) is 0.427. The first kappa shape index (κ1) is 17.2. The molecule has 0 radical (unpaired) electrons. The zero-order chi connectivity index (χ0) is 17.1. The second-order valence-electron chi connectivity index (χ2n) is 5.54. The van der Waals surface area contributed by atoms with Gasteiger partial charge in [-0.2, -0.15) is 0 Å². The number of likely N-dealkylation sites (tertiary alicyclic amines) is 1. The topological polar surface area (TPSA) is 29.5 Å². The maximum absolute atomic E-state index is 12.2. The lowest BCUT2D eigenvalue weighted by molar-refractivity contribution is 0.0735. The maximum atomic E-state index is 12.2. The fourth-order valence-electron chi connectivity index (χ4n) is 2.58. The Bertz CT molecular complexity index is 771. The summed E-state index contributed by atoms with van der Waals surface area (Å²) in [5.74, 6) is -0.110. The molecule has 2 aromatic carbocycles. The highest BCUT2D eigenvalue weighted by Gasteiger charge is 2.17. The Hall–Kier alpha value is -1.62. The summed E-state index contributed by atoms with van der Waals surface area (Å²) in [7, 11) is 0. The number of halogens is 2. The van der Waals surface area contributed by atoms with Crippen LogP contribution in [0.25, 0.3) is 0 Å². The zero-order valence-corrected chi connectivity index (χ0v) is 15.1. The van der Waals surface area contributed by atoms with Gasteiger partial charge in [-0.15, -0.1) is 0 Å². The van der Waals surface area contributed by atoms with Gasteiger partial charge >= 0.3 is 5.97 Å². The van der Waals surface area contributed by atoms with Crippen LogP contribution >= 0.6 is 35.4 Å². The average Bonchev–Trinajstić information content (AvgIpc) is 3.11. The summed E-state index contributed by atoms with van der Waals surface area (Å²) in [5, 5.41) is 0.730. The number of ether oxygens (including phenoxy) is 1. The third-order valence-electron chi connectivity index (χ3n) is 3.85.